The molecule has 0 unspecified atom stereocenters. The smallest absolute Gasteiger partial charge is 0.250 e. The summed E-state index contributed by atoms with van der Waals surface area (Å²) >= 11 is 1.36. The molecule has 1 aliphatic heterocycles. The molecule has 2 heterocycles. The first-order valence-electron chi connectivity index (χ1n) is 10.1. The van der Waals surface area contributed by atoms with Crippen molar-refractivity contribution in [1.29, 1.82) is 0 Å². The maximum atomic E-state index is 12.3. The SMILES string of the molecule is CCc1ccc(S(=O)(=O)NCCCCN2CCN(c3cccc(C)c3)CC2)s1. The highest BCUT2D eigenvalue weighted by molar-refractivity contribution is 7.91. The number of nitrogens with one attached hydrogen (secondary N) is 1. The van der Waals surface area contributed by atoms with E-state index in [2.05, 4.69) is 45.7 Å². The predicted octanol–water partition coefficient (Wildman–Crippen LogP) is 3.50. The lowest BCUT2D eigenvalue weighted by Gasteiger charge is -2.36. The van der Waals surface area contributed by atoms with Gasteiger partial charge >= 0.3 is 0 Å². The van der Waals surface area contributed by atoms with Crippen LogP contribution in [0.15, 0.2) is 40.6 Å². The van der Waals surface area contributed by atoms with Crippen molar-refractivity contribution in [3.63, 3.8) is 0 Å². The third-order valence-electron chi connectivity index (χ3n) is 5.18. The Balaban J connectivity index is 1.34. The number of hydrogen-bond acceptors (Lipinski definition) is 5. The van der Waals surface area contributed by atoms with Gasteiger partial charge in [0, 0.05) is 43.3 Å². The Hall–Kier alpha value is -1.41. The lowest BCUT2D eigenvalue weighted by Crippen LogP contribution is -2.46. The van der Waals surface area contributed by atoms with E-state index >= 15 is 0 Å². The largest absolute Gasteiger partial charge is 0.369 e. The van der Waals surface area contributed by atoms with E-state index in [1.807, 2.05) is 13.0 Å². The summed E-state index contributed by atoms with van der Waals surface area (Å²) in [5.74, 6) is 0. The van der Waals surface area contributed by atoms with E-state index in [0.717, 1.165) is 56.9 Å². The van der Waals surface area contributed by atoms with E-state index in [9.17, 15) is 8.42 Å². The molecule has 0 atom stereocenters. The van der Waals surface area contributed by atoms with Gasteiger partial charge in [-0.1, -0.05) is 19.1 Å². The predicted molar refractivity (Wildman–Crippen MR) is 118 cm³/mol. The van der Waals surface area contributed by atoms with Crippen LogP contribution in [0.2, 0.25) is 0 Å². The summed E-state index contributed by atoms with van der Waals surface area (Å²) in [6.45, 7) is 9.94. The van der Waals surface area contributed by atoms with Gasteiger partial charge in [-0.25, -0.2) is 13.1 Å². The minimum atomic E-state index is -3.35. The highest BCUT2D eigenvalue weighted by Gasteiger charge is 2.18. The van der Waals surface area contributed by atoms with Crippen molar-refractivity contribution >= 4 is 27.0 Å². The van der Waals surface area contributed by atoms with E-state index in [1.165, 1.54) is 22.6 Å². The molecule has 1 fully saturated rings. The lowest BCUT2D eigenvalue weighted by molar-refractivity contribution is 0.253. The van der Waals surface area contributed by atoms with Gasteiger partial charge < -0.3 is 4.90 Å². The van der Waals surface area contributed by atoms with E-state index < -0.39 is 10.0 Å². The van der Waals surface area contributed by atoms with Crippen molar-refractivity contribution in [2.75, 3.05) is 44.2 Å². The molecule has 5 nitrogen and oxygen atoms in total. The number of piperazine rings is 1. The van der Waals surface area contributed by atoms with Crippen molar-refractivity contribution in [2.24, 2.45) is 0 Å². The zero-order valence-corrected chi connectivity index (χ0v) is 18.5. The van der Waals surface area contributed by atoms with Gasteiger partial charge in [-0.3, -0.25) is 4.90 Å². The normalized spacial score (nSPS) is 15.9. The molecule has 0 spiro atoms. The second kappa shape index (κ2) is 9.87. The highest BCUT2D eigenvalue weighted by Crippen LogP contribution is 2.22. The number of aryl methyl sites for hydroxylation is 2. The van der Waals surface area contributed by atoms with E-state index in [-0.39, 0.29) is 0 Å². The average molecular weight is 422 g/mol. The van der Waals surface area contributed by atoms with Crippen molar-refractivity contribution < 1.29 is 8.42 Å². The maximum Gasteiger partial charge on any atom is 0.250 e. The summed E-state index contributed by atoms with van der Waals surface area (Å²) in [5.41, 5.74) is 2.62. The lowest BCUT2D eigenvalue weighted by atomic mass is 10.2. The van der Waals surface area contributed by atoms with Crippen LogP contribution in [-0.4, -0.2) is 52.6 Å². The maximum absolute atomic E-state index is 12.3. The van der Waals surface area contributed by atoms with Gasteiger partial charge in [-0.05, 0) is 62.6 Å². The topological polar surface area (TPSA) is 52.7 Å². The molecule has 0 bridgehead atoms. The molecule has 28 heavy (non-hydrogen) atoms. The first kappa shape index (κ1) is 21.3. The summed E-state index contributed by atoms with van der Waals surface area (Å²) in [6.07, 6.45) is 2.75. The highest BCUT2D eigenvalue weighted by atomic mass is 32.2. The first-order chi connectivity index (χ1) is 13.5. The number of thiophene rings is 1. The summed E-state index contributed by atoms with van der Waals surface area (Å²) in [7, 11) is -3.35. The molecule has 154 valence electrons. The molecule has 1 N–H and O–H groups in total. The molecular formula is C21H31N3O2S2. The van der Waals surface area contributed by atoms with Crippen LogP contribution in [0.5, 0.6) is 0 Å². The van der Waals surface area contributed by atoms with E-state index in [4.69, 9.17) is 0 Å². The molecule has 0 amide bonds. The zero-order valence-electron chi connectivity index (χ0n) is 16.9. The molecule has 1 aromatic carbocycles. The van der Waals surface area contributed by atoms with Crippen molar-refractivity contribution in [3.05, 3.63) is 46.8 Å². The Bertz CT molecular complexity index is 856. The fourth-order valence-corrected chi connectivity index (χ4v) is 5.90. The third-order valence-corrected chi connectivity index (χ3v) is 8.37. The number of sulfonamides is 1. The number of nitrogens with zero attached hydrogens (tertiary/aromatic N) is 2. The fourth-order valence-electron chi connectivity index (χ4n) is 3.49. The van der Waals surface area contributed by atoms with Crippen LogP contribution in [-0.2, 0) is 16.4 Å². The van der Waals surface area contributed by atoms with Crippen LogP contribution in [0, 0.1) is 6.92 Å². The molecule has 1 saturated heterocycles. The Morgan fingerprint density at radius 2 is 1.86 bits per heavy atom. The van der Waals surface area contributed by atoms with Crippen LogP contribution in [0.4, 0.5) is 5.69 Å². The summed E-state index contributed by atoms with van der Waals surface area (Å²) in [4.78, 5) is 6.03. The van der Waals surface area contributed by atoms with Crippen molar-refractivity contribution in [1.82, 2.24) is 9.62 Å². The fraction of sp³-hybridized carbons (Fsp3) is 0.524. The third kappa shape index (κ3) is 5.80. The van der Waals surface area contributed by atoms with Gasteiger partial charge in [0.15, 0.2) is 0 Å². The van der Waals surface area contributed by atoms with E-state index in [1.54, 1.807) is 6.07 Å². The molecule has 0 saturated carbocycles. The quantitative estimate of drug-likeness (QED) is 0.630. The van der Waals surface area contributed by atoms with Crippen LogP contribution >= 0.6 is 11.3 Å². The number of unbranched alkanes of at least 4 members (excludes halogenated alkanes) is 1. The van der Waals surface area contributed by atoms with Gasteiger partial charge in [0.25, 0.3) is 0 Å². The van der Waals surface area contributed by atoms with Crippen molar-refractivity contribution in [2.45, 2.75) is 37.3 Å². The monoisotopic (exact) mass is 421 g/mol. The Morgan fingerprint density at radius 1 is 1.07 bits per heavy atom. The molecule has 0 aliphatic carbocycles. The van der Waals surface area contributed by atoms with Crippen LogP contribution in [0.1, 0.15) is 30.2 Å². The Morgan fingerprint density at radius 3 is 2.54 bits per heavy atom. The average Bonchev–Trinajstić information content (AvgIpc) is 3.18. The zero-order chi connectivity index (χ0) is 20.0. The van der Waals surface area contributed by atoms with Gasteiger partial charge in [-0.15, -0.1) is 11.3 Å². The minimum Gasteiger partial charge on any atom is -0.369 e. The second-order valence-electron chi connectivity index (χ2n) is 7.35. The van der Waals surface area contributed by atoms with Gasteiger partial charge in [0.05, 0.1) is 0 Å². The van der Waals surface area contributed by atoms with Crippen molar-refractivity contribution in [3.8, 4) is 0 Å². The minimum absolute atomic E-state index is 0.427. The molecule has 7 heteroatoms. The van der Waals surface area contributed by atoms with Crippen LogP contribution < -0.4 is 9.62 Å². The standard InChI is InChI=1S/C21H31N3O2S2/c1-3-20-9-10-21(27-20)28(25,26)22-11-4-5-12-23-13-15-24(16-14-23)19-8-6-7-18(2)17-19/h6-10,17,22H,3-5,11-16H2,1-2H3. The summed E-state index contributed by atoms with van der Waals surface area (Å²) in [5, 5.41) is 0. The number of hydrogen-bond donors (Lipinski definition) is 1. The molecule has 2 aromatic rings. The molecule has 0 radical (unpaired) electrons. The summed E-state index contributed by atoms with van der Waals surface area (Å²) in [6, 6.07) is 12.3. The number of rotatable bonds is 9. The molecule has 1 aliphatic rings. The first-order valence-corrected chi connectivity index (χ1v) is 12.4. The van der Waals surface area contributed by atoms with Crippen LogP contribution in [0.25, 0.3) is 0 Å². The Labute approximate surface area is 173 Å². The van der Waals surface area contributed by atoms with Crippen LogP contribution in [0.3, 0.4) is 0 Å². The Kier molecular flexibility index (Phi) is 7.51. The van der Waals surface area contributed by atoms with Gasteiger partial charge in [-0.2, -0.15) is 0 Å². The van der Waals surface area contributed by atoms with Gasteiger partial charge in [0.1, 0.15) is 4.21 Å². The second-order valence-corrected chi connectivity index (χ2v) is 10.5. The number of benzene rings is 1. The molecule has 1 aromatic heterocycles. The van der Waals surface area contributed by atoms with Gasteiger partial charge in [0.2, 0.25) is 10.0 Å². The van der Waals surface area contributed by atoms with E-state index in [0.29, 0.717) is 10.8 Å². The molecule has 3 rings (SSSR count). The molecular weight excluding hydrogens is 390 g/mol. The number of anilines is 1. The summed E-state index contributed by atoms with van der Waals surface area (Å²) < 4.78 is 27.8.